The Bertz CT molecular complexity index is 358. The first-order valence-corrected chi connectivity index (χ1v) is 6.28. The standard InChI is InChI=1S/C14H19NO/c16-14(8-9-14)13-7-4-10-15(13)11-12-5-2-1-3-6-12/h1-3,5-6,13,16H,4,7-11H2/t13-/m0/s1. The van der Waals surface area contributed by atoms with Crippen LogP contribution in [0.15, 0.2) is 30.3 Å². The molecule has 2 aliphatic rings. The van der Waals surface area contributed by atoms with E-state index >= 15 is 0 Å². The summed E-state index contributed by atoms with van der Waals surface area (Å²) in [6, 6.07) is 11.0. The van der Waals surface area contributed by atoms with Gasteiger partial charge in [0.1, 0.15) is 0 Å². The third kappa shape index (κ3) is 1.87. The largest absolute Gasteiger partial charge is 0.388 e. The Kier molecular flexibility index (Phi) is 2.49. The van der Waals surface area contributed by atoms with E-state index in [0.717, 1.165) is 25.9 Å². The highest BCUT2D eigenvalue weighted by Gasteiger charge is 2.51. The molecule has 2 heteroatoms. The number of likely N-dealkylation sites (tertiary alicyclic amines) is 1. The van der Waals surface area contributed by atoms with Crippen LogP contribution < -0.4 is 0 Å². The molecule has 16 heavy (non-hydrogen) atoms. The number of aliphatic hydroxyl groups is 1. The van der Waals surface area contributed by atoms with Gasteiger partial charge >= 0.3 is 0 Å². The lowest BCUT2D eigenvalue weighted by atomic mass is 10.1. The van der Waals surface area contributed by atoms with Crippen molar-refractivity contribution in [2.75, 3.05) is 6.54 Å². The predicted molar refractivity (Wildman–Crippen MR) is 64.1 cm³/mol. The molecule has 0 bridgehead atoms. The molecule has 0 aromatic heterocycles. The first-order chi connectivity index (χ1) is 7.78. The summed E-state index contributed by atoms with van der Waals surface area (Å²) in [6.45, 7) is 2.13. The van der Waals surface area contributed by atoms with E-state index in [-0.39, 0.29) is 5.60 Å². The molecule has 2 fully saturated rings. The topological polar surface area (TPSA) is 23.5 Å². The van der Waals surface area contributed by atoms with Gasteiger partial charge in [0, 0.05) is 12.6 Å². The summed E-state index contributed by atoms with van der Waals surface area (Å²) in [5.41, 5.74) is 1.02. The van der Waals surface area contributed by atoms with Gasteiger partial charge in [-0.15, -0.1) is 0 Å². The molecule has 0 amide bonds. The van der Waals surface area contributed by atoms with E-state index in [1.54, 1.807) is 0 Å². The summed E-state index contributed by atoms with van der Waals surface area (Å²) in [4.78, 5) is 2.46. The van der Waals surface area contributed by atoms with Gasteiger partial charge in [-0.3, -0.25) is 4.90 Å². The first kappa shape index (κ1) is 10.3. The van der Waals surface area contributed by atoms with E-state index < -0.39 is 0 Å². The van der Waals surface area contributed by atoms with E-state index in [1.165, 1.54) is 18.4 Å². The van der Waals surface area contributed by atoms with Gasteiger partial charge in [-0.05, 0) is 37.8 Å². The van der Waals surface area contributed by atoms with Crippen molar-refractivity contribution in [3.8, 4) is 0 Å². The Hall–Kier alpha value is -0.860. The zero-order chi connectivity index (χ0) is 11.0. The number of hydrogen-bond acceptors (Lipinski definition) is 2. The summed E-state index contributed by atoms with van der Waals surface area (Å²) >= 11 is 0. The van der Waals surface area contributed by atoms with Crippen molar-refractivity contribution in [2.45, 2.75) is 43.9 Å². The maximum atomic E-state index is 10.2. The zero-order valence-corrected chi connectivity index (χ0v) is 9.60. The third-order valence-electron chi connectivity index (χ3n) is 3.97. The summed E-state index contributed by atoms with van der Waals surface area (Å²) < 4.78 is 0. The second kappa shape index (κ2) is 3.86. The Morgan fingerprint density at radius 3 is 2.69 bits per heavy atom. The summed E-state index contributed by atoms with van der Waals surface area (Å²) in [5.74, 6) is 0. The molecule has 1 atom stereocenters. The van der Waals surface area contributed by atoms with Gasteiger partial charge in [0.15, 0.2) is 0 Å². The van der Waals surface area contributed by atoms with Crippen molar-refractivity contribution in [2.24, 2.45) is 0 Å². The summed E-state index contributed by atoms with van der Waals surface area (Å²) in [5, 5.41) is 10.2. The van der Waals surface area contributed by atoms with Gasteiger partial charge in [0.2, 0.25) is 0 Å². The first-order valence-electron chi connectivity index (χ1n) is 6.28. The molecule has 1 aliphatic heterocycles. The van der Waals surface area contributed by atoms with Crippen molar-refractivity contribution >= 4 is 0 Å². The maximum Gasteiger partial charge on any atom is 0.0804 e. The molecular formula is C14H19NO. The lowest BCUT2D eigenvalue weighted by Crippen LogP contribution is -2.40. The smallest absolute Gasteiger partial charge is 0.0804 e. The third-order valence-corrected chi connectivity index (χ3v) is 3.97. The average molecular weight is 217 g/mol. The minimum Gasteiger partial charge on any atom is -0.388 e. The average Bonchev–Trinajstić information content (AvgIpc) is 2.88. The van der Waals surface area contributed by atoms with Crippen LogP contribution in [0.1, 0.15) is 31.2 Å². The number of rotatable bonds is 3. The highest BCUT2D eigenvalue weighted by atomic mass is 16.3. The van der Waals surface area contributed by atoms with Gasteiger partial charge in [-0.25, -0.2) is 0 Å². The zero-order valence-electron chi connectivity index (χ0n) is 9.60. The van der Waals surface area contributed by atoms with Crippen LogP contribution in [0.4, 0.5) is 0 Å². The Morgan fingerprint density at radius 2 is 2.00 bits per heavy atom. The van der Waals surface area contributed by atoms with Gasteiger partial charge in [-0.1, -0.05) is 30.3 Å². The fraction of sp³-hybridized carbons (Fsp3) is 0.571. The number of nitrogens with zero attached hydrogens (tertiary/aromatic N) is 1. The van der Waals surface area contributed by atoms with Crippen LogP contribution in [0.25, 0.3) is 0 Å². The van der Waals surface area contributed by atoms with Crippen LogP contribution in [0.2, 0.25) is 0 Å². The number of benzene rings is 1. The van der Waals surface area contributed by atoms with E-state index in [9.17, 15) is 5.11 Å². The highest BCUT2D eigenvalue weighted by molar-refractivity contribution is 5.16. The van der Waals surface area contributed by atoms with E-state index in [4.69, 9.17) is 0 Å². The lowest BCUT2D eigenvalue weighted by Gasteiger charge is -2.28. The van der Waals surface area contributed by atoms with Crippen LogP contribution in [-0.2, 0) is 6.54 Å². The van der Waals surface area contributed by atoms with E-state index in [1.807, 2.05) is 0 Å². The predicted octanol–water partition coefficient (Wildman–Crippen LogP) is 2.18. The summed E-state index contributed by atoms with van der Waals surface area (Å²) in [6.07, 6.45) is 4.41. The molecular weight excluding hydrogens is 198 g/mol. The number of hydrogen-bond donors (Lipinski definition) is 1. The monoisotopic (exact) mass is 217 g/mol. The van der Waals surface area contributed by atoms with E-state index in [2.05, 4.69) is 35.2 Å². The molecule has 1 saturated heterocycles. The fourth-order valence-corrected chi connectivity index (χ4v) is 2.90. The van der Waals surface area contributed by atoms with Crippen LogP contribution in [0.3, 0.4) is 0 Å². The Labute approximate surface area is 96.9 Å². The molecule has 86 valence electrons. The van der Waals surface area contributed by atoms with Crippen LogP contribution in [0.5, 0.6) is 0 Å². The molecule has 1 aromatic rings. The normalized spacial score (nSPS) is 28.2. The van der Waals surface area contributed by atoms with Gasteiger partial charge < -0.3 is 5.11 Å². The quantitative estimate of drug-likeness (QED) is 0.839. The molecule has 0 radical (unpaired) electrons. The molecule has 3 rings (SSSR count). The highest BCUT2D eigenvalue weighted by Crippen LogP contribution is 2.44. The Morgan fingerprint density at radius 1 is 1.25 bits per heavy atom. The van der Waals surface area contributed by atoms with E-state index in [0.29, 0.717) is 6.04 Å². The molecule has 1 heterocycles. The lowest BCUT2D eigenvalue weighted by molar-refractivity contribution is 0.0481. The second-order valence-corrected chi connectivity index (χ2v) is 5.22. The molecule has 0 unspecified atom stereocenters. The Balaban J connectivity index is 1.70. The molecule has 0 spiro atoms. The minimum atomic E-state index is -0.342. The second-order valence-electron chi connectivity index (χ2n) is 5.22. The van der Waals surface area contributed by atoms with Gasteiger partial charge in [0.25, 0.3) is 0 Å². The molecule has 1 aliphatic carbocycles. The van der Waals surface area contributed by atoms with Crippen molar-refractivity contribution < 1.29 is 5.11 Å². The van der Waals surface area contributed by atoms with Gasteiger partial charge in [-0.2, -0.15) is 0 Å². The van der Waals surface area contributed by atoms with Crippen LogP contribution in [-0.4, -0.2) is 28.2 Å². The van der Waals surface area contributed by atoms with Crippen molar-refractivity contribution in [3.63, 3.8) is 0 Å². The van der Waals surface area contributed by atoms with Crippen molar-refractivity contribution in [1.29, 1.82) is 0 Å². The van der Waals surface area contributed by atoms with Gasteiger partial charge in [0.05, 0.1) is 5.60 Å². The van der Waals surface area contributed by atoms with Crippen LogP contribution in [0, 0.1) is 0 Å². The van der Waals surface area contributed by atoms with Crippen molar-refractivity contribution in [1.82, 2.24) is 4.90 Å². The molecule has 1 N–H and O–H groups in total. The van der Waals surface area contributed by atoms with Crippen molar-refractivity contribution in [3.05, 3.63) is 35.9 Å². The molecule has 2 nitrogen and oxygen atoms in total. The SMILES string of the molecule is OC1([C@@H]2CCCN2Cc2ccccc2)CC1. The summed E-state index contributed by atoms with van der Waals surface area (Å²) in [7, 11) is 0. The fourth-order valence-electron chi connectivity index (χ4n) is 2.90. The van der Waals surface area contributed by atoms with Crippen LogP contribution >= 0.6 is 0 Å². The molecule has 1 aromatic carbocycles. The molecule has 1 saturated carbocycles. The minimum absolute atomic E-state index is 0.342. The maximum absolute atomic E-state index is 10.2.